The van der Waals surface area contributed by atoms with Crippen LogP contribution in [0.15, 0.2) is 121 Å². The zero-order valence-corrected chi connectivity index (χ0v) is 30.5. The van der Waals surface area contributed by atoms with E-state index in [1.807, 2.05) is 78.9 Å². The Kier molecular flexibility index (Phi) is 11.5. The highest BCUT2D eigenvalue weighted by molar-refractivity contribution is 6.06. The number of fused-ring (bicyclic) bond motifs is 1. The van der Waals surface area contributed by atoms with Gasteiger partial charge in [-0.25, -0.2) is 4.79 Å². The van der Waals surface area contributed by atoms with Crippen LogP contribution in [0.4, 0.5) is 4.79 Å². The zero-order chi connectivity index (χ0) is 37.6. The molecule has 2 aliphatic rings. The quantitative estimate of drug-likeness (QED) is 0.131. The second-order valence-corrected chi connectivity index (χ2v) is 14.1. The number of hydrogen-bond donors (Lipinski definition) is 2. The van der Waals surface area contributed by atoms with Gasteiger partial charge in [-0.3, -0.25) is 19.4 Å². The summed E-state index contributed by atoms with van der Waals surface area (Å²) in [4.78, 5) is 41.9. The number of nitrogens with one attached hydrogen (secondary N) is 1. The topological polar surface area (TPSA) is 118 Å². The van der Waals surface area contributed by atoms with Crippen molar-refractivity contribution in [1.29, 1.82) is 0 Å². The lowest BCUT2D eigenvalue weighted by Gasteiger charge is -2.39. The van der Waals surface area contributed by atoms with E-state index < -0.39 is 24.3 Å². The molecule has 2 N–H and O–H groups in total. The maximum absolute atomic E-state index is 13.2. The van der Waals surface area contributed by atoms with Gasteiger partial charge in [0.2, 0.25) is 5.91 Å². The predicted molar refractivity (Wildman–Crippen MR) is 204 cm³/mol. The number of likely N-dealkylation sites (tertiary alicyclic amines) is 1. The number of nitrogens with zero attached hydrogens (tertiary/aromatic N) is 2. The van der Waals surface area contributed by atoms with E-state index in [0.717, 1.165) is 27.8 Å². The fourth-order valence-corrected chi connectivity index (χ4v) is 7.07. The van der Waals surface area contributed by atoms with Crippen LogP contribution in [0.25, 0.3) is 10.8 Å². The molecule has 0 aromatic heterocycles. The minimum absolute atomic E-state index is 0.0307. The summed E-state index contributed by atoms with van der Waals surface area (Å²) in [6.07, 6.45) is -1.28. The molecular weight excluding hydrogens is 682 g/mol. The van der Waals surface area contributed by atoms with Crippen LogP contribution in [0, 0.1) is 0 Å². The molecule has 5 aromatic rings. The first-order chi connectivity index (χ1) is 26.2. The van der Waals surface area contributed by atoms with Gasteiger partial charge < -0.3 is 24.6 Å². The molecule has 10 heteroatoms. The SMILES string of the molecule is CC(c1ccc2ccccc2c1)N(C)CC1CC(c2ccc(CO)cc2)OC(c2ccc(CN3C(=O)CC(NC(=O)OCc4ccccc4)C3=O)cc2)O1. The molecule has 2 aliphatic heterocycles. The smallest absolute Gasteiger partial charge is 0.408 e. The molecule has 0 aliphatic carbocycles. The summed E-state index contributed by atoms with van der Waals surface area (Å²) < 4.78 is 18.4. The highest BCUT2D eigenvalue weighted by Crippen LogP contribution is 2.39. The standard InChI is InChI=1S/C44H45N3O7/c1-29(36-21-20-33-10-6-7-11-37(33)22-36)46(2)26-38-23-40(34-16-14-31(27-48)15-17-34)54-43(53-38)35-18-12-30(13-19-35)25-47-41(49)24-39(42(47)50)45-44(51)52-28-32-8-4-3-5-9-32/h3-22,29,38-40,43,48H,23-28H2,1-2H3,(H,45,51). The van der Waals surface area contributed by atoms with Gasteiger partial charge in [0.1, 0.15) is 12.6 Å². The first-order valence-corrected chi connectivity index (χ1v) is 18.3. The second kappa shape index (κ2) is 16.7. The van der Waals surface area contributed by atoms with E-state index in [-0.39, 0.29) is 50.3 Å². The van der Waals surface area contributed by atoms with Crippen molar-refractivity contribution in [2.45, 2.75) is 70.1 Å². The van der Waals surface area contributed by atoms with Crippen LogP contribution in [0.2, 0.25) is 0 Å². The molecule has 3 amide bonds. The van der Waals surface area contributed by atoms with Gasteiger partial charge in [-0.1, -0.05) is 115 Å². The number of rotatable bonds is 12. The van der Waals surface area contributed by atoms with Gasteiger partial charge in [-0.05, 0) is 58.6 Å². The highest BCUT2D eigenvalue weighted by atomic mass is 16.7. The number of aliphatic hydroxyl groups excluding tert-OH is 1. The summed E-state index contributed by atoms with van der Waals surface area (Å²) in [7, 11) is 2.11. The van der Waals surface area contributed by atoms with E-state index in [0.29, 0.717) is 13.0 Å². The van der Waals surface area contributed by atoms with E-state index >= 15 is 0 Å². The average molecular weight is 728 g/mol. The van der Waals surface area contributed by atoms with Crippen LogP contribution in [-0.2, 0) is 43.6 Å². The molecule has 2 saturated heterocycles. The Morgan fingerprint density at radius 3 is 2.28 bits per heavy atom. The van der Waals surface area contributed by atoms with Gasteiger partial charge in [0, 0.05) is 24.6 Å². The Morgan fingerprint density at radius 1 is 0.852 bits per heavy atom. The third-order valence-corrected chi connectivity index (χ3v) is 10.4. The molecule has 2 fully saturated rings. The summed E-state index contributed by atoms with van der Waals surface area (Å²) in [6, 6.07) is 38.7. The number of carbonyl (C=O) groups is 3. The fraction of sp³-hybridized carbons (Fsp3) is 0.295. The Balaban J connectivity index is 1.01. The Hall–Kier alpha value is -5.39. The molecule has 54 heavy (non-hydrogen) atoms. The first kappa shape index (κ1) is 36.9. The molecule has 0 spiro atoms. The molecule has 10 nitrogen and oxygen atoms in total. The molecule has 2 heterocycles. The number of benzene rings is 5. The lowest BCUT2D eigenvalue weighted by Crippen LogP contribution is -2.41. The normalized spacial score (nSPS) is 20.7. The van der Waals surface area contributed by atoms with E-state index in [9.17, 15) is 19.5 Å². The summed E-state index contributed by atoms with van der Waals surface area (Å²) in [6.45, 7) is 2.98. The monoisotopic (exact) mass is 727 g/mol. The van der Waals surface area contributed by atoms with E-state index in [1.165, 1.54) is 21.2 Å². The van der Waals surface area contributed by atoms with Crippen molar-refractivity contribution in [3.63, 3.8) is 0 Å². The lowest BCUT2D eigenvalue weighted by molar-refractivity contribution is -0.253. The first-order valence-electron chi connectivity index (χ1n) is 18.3. The zero-order valence-electron chi connectivity index (χ0n) is 30.5. The van der Waals surface area contributed by atoms with Crippen LogP contribution < -0.4 is 5.32 Å². The number of hydrogen-bond acceptors (Lipinski definition) is 8. The van der Waals surface area contributed by atoms with Crippen LogP contribution in [0.5, 0.6) is 0 Å². The number of likely N-dealkylation sites (N-methyl/N-ethyl adjacent to an activating group) is 1. The van der Waals surface area contributed by atoms with Crippen molar-refractivity contribution in [2.24, 2.45) is 0 Å². The lowest BCUT2D eigenvalue weighted by atomic mass is 9.98. The summed E-state index contributed by atoms with van der Waals surface area (Å²) >= 11 is 0. The van der Waals surface area contributed by atoms with Gasteiger partial charge in [0.15, 0.2) is 6.29 Å². The van der Waals surface area contributed by atoms with Crippen LogP contribution >= 0.6 is 0 Å². The third kappa shape index (κ3) is 8.69. The van der Waals surface area contributed by atoms with E-state index in [1.54, 1.807) is 0 Å². The molecule has 5 atom stereocenters. The second-order valence-electron chi connectivity index (χ2n) is 14.1. The largest absolute Gasteiger partial charge is 0.445 e. The summed E-state index contributed by atoms with van der Waals surface area (Å²) in [5, 5.41) is 14.6. The molecule has 278 valence electrons. The molecule has 5 aromatic carbocycles. The van der Waals surface area contributed by atoms with Gasteiger partial charge >= 0.3 is 6.09 Å². The molecule has 0 radical (unpaired) electrons. The van der Waals surface area contributed by atoms with Crippen molar-refractivity contribution in [3.05, 3.63) is 155 Å². The number of carbonyl (C=O) groups excluding carboxylic acids is 3. The molecule has 0 bridgehead atoms. The minimum Gasteiger partial charge on any atom is -0.445 e. The number of imide groups is 1. The fourth-order valence-electron chi connectivity index (χ4n) is 7.07. The Bertz CT molecular complexity index is 2070. The molecular formula is C44H45N3O7. The molecule has 7 rings (SSSR count). The highest BCUT2D eigenvalue weighted by Gasteiger charge is 2.40. The van der Waals surface area contributed by atoms with Crippen LogP contribution in [-0.4, -0.2) is 58.6 Å². The molecule has 5 unspecified atom stereocenters. The third-order valence-electron chi connectivity index (χ3n) is 10.4. The Morgan fingerprint density at radius 2 is 1.54 bits per heavy atom. The maximum atomic E-state index is 13.2. The van der Waals surface area contributed by atoms with Crippen LogP contribution in [0.3, 0.4) is 0 Å². The number of alkyl carbamates (subject to hydrolysis) is 1. The van der Waals surface area contributed by atoms with Gasteiger partial charge in [-0.2, -0.15) is 0 Å². The van der Waals surface area contributed by atoms with Crippen molar-refractivity contribution < 1.29 is 33.7 Å². The number of ether oxygens (including phenoxy) is 3. The van der Waals surface area contributed by atoms with Crippen molar-refractivity contribution in [2.75, 3.05) is 13.6 Å². The van der Waals surface area contributed by atoms with Gasteiger partial charge in [-0.15, -0.1) is 0 Å². The van der Waals surface area contributed by atoms with Gasteiger partial charge in [0.05, 0.1) is 31.8 Å². The minimum atomic E-state index is -0.980. The van der Waals surface area contributed by atoms with Gasteiger partial charge in [0.25, 0.3) is 5.91 Å². The van der Waals surface area contributed by atoms with Crippen molar-refractivity contribution >= 4 is 28.7 Å². The van der Waals surface area contributed by atoms with Crippen LogP contribution in [0.1, 0.15) is 71.6 Å². The van der Waals surface area contributed by atoms with E-state index in [4.69, 9.17) is 14.2 Å². The number of amides is 3. The number of aliphatic hydroxyl groups is 1. The van der Waals surface area contributed by atoms with E-state index in [2.05, 4.69) is 66.7 Å². The summed E-state index contributed by atoms with van der Waals surface area (Å²) in [5.74, 6) is -0.837. The maximum Gasteiger partial charge on any atom is 0.408 e. The van der Waals surface area contributed by atoms with Crippen molar-refractivity contribution in [3.8, 4) is 0 Å². The summed E-state index contributed by atoms with van der Waals surface area (Å²) in [5.41, 5.74) is 5.44. The average Bonchev–Trinajstić information content (AvgIpc) is 3.47. The molecule has 0 saturated carbocycles. The predicted octanol–water partition coefficient (Wildman–Crippen LogP) is 7.12. The Labute approximate surface area is 315 Å². The van der Waals surface area contributed by atoms with Crippen molar-refractivity contribution in [1.82, 2.24) is 15.1 Å².